The number of hydrogen-bond donors (Lipinski definition) is 3. The lowest BCUT2D eigenvalue weighted by molar-refractivity contribution is -0.0271. The predicted molar refractivity (Wildman–Crippen MR) is 71.4 cm³/mol. The Hall–Kier alpha value is -1.31. The van der Waals surface area contributed by atoms with Crippen LogP contribution in [0.4, 0.5) is 5.69 Å². The van der Waals surface area contributed by atoms with Crippen LogP contribution in [-0.4, -0.2) is 32.8 Å². The Labute approximate surface area is 112 Å². The molecule has 0 saturated heterocycles. The number of aliphatic hydroxyl groups is 1. The average Bonchev–Trinajstić information content (AvgIpc) is 2.34. The highest BCUT2D eigenvalue weighted by Gasteiger charge is 2.35. The third-order valence-electron chi connectivity index (χ3n) is 3.35. The topological polar surface area (TPSA) is 102 Å². The number of hydrogen-bond acceptors (Lipinski definition) is 5. The van der Waals surface area contributed by atoms with Gasteiger partial charge in [0.2, 0.25) is 10.0 Å². The van der Waals surface area contributed by atoms with Gasteiger partial charge in [-0.3, -0.25) is 0 Å². The van der Waals surface area contributed by atoms with Gasteiger partial charge >= 0.3 is 0 Å². The minimum atomic E-state index is -3.75. The largest absolute Gasteiger partial charge is 0.495 e. The molecule has 0 atom stereocenters. The fourth-order valence-electron chi connectivity index (χ4n) is 1.97. The second kappa shape index (κ2) is 4.99. The van der Waals surface area contributed by atoms with Crippen LogP contribution in [0.15, 0.2) is 23.1 Å². The summed E-state index contributed by atoms with van der Waals surface area (Å²) in [4.78, 5) is -0.0158. The van der Waals surface area contributed by atoms with E-state index in [0.717, 1.165) is 6.42 Å². The van der Waals surface area contributed by atoms with E-state index in [0.29, 0.717) is 18.5 Å². The molecular weight excluding hydrogens is 268 g/mol. The zero-order valence-corrected chi connectivity index (χ0v) is 11.5. The molecule has 1 aliphatic carbocycles. The van der Waals surface area contributed by atoms with E-state index in [9.17, 15) is 13.5 Å². The van der Waals surface area contributed by atoms with E-state index in [1.54, 1.807) is 6.07 Å². The number of sulfonamides is 1. The molecule has 106 valence electrons. The second-order valence-corrected chi connectivity index (χ2v) is 6.55. The molecule has 6 nitrogen and oxygen atoms in total. The lowest BCUT2D eigenvalue weighted by Crippen LogP contribution is -2.47. The van der Waals surface area contributed by atoms with Crippen LogP contribution < -0.4 is 15.2 Å². The molecule has 7 heteroatoms. The number of benzene rings is 1. The molecule has 1 aromatic rings. The molecule has 1 aromatic carbocycles. The fourth-order valence-corrected chi connectivity index (χ4v) is 3.29. The predicted octanol–water partition coefficient (Wildman–Crippen LogP) is 0.471. The third kappa shape index (κ3) is 2.99. The first-order chi connectivity index (χ1) is 8.86. The Kier molecular flexibility index (Phi) is 3.71. The van der Waals surface area contributed by atoms with Crippen molar-refractivity contribution in [3.8, 4) is 5.75 Å². The van der Waals surface area contributed by atoms with Gasteiger partial charge in [-0.15, -0.1) is 0 Å². The summed E-state index contributed by atoms with van der Waals surface area (Å²) in [5.41, 5.74) is 5.02. The normalized spacial score (nSPS) is 17.8. The molecule has 0 radical (unpaired) electrons. The lowest BCUT2D eigenvalue weighted by Gasteiger charge is -2.36. The van der Waals surface area contributed by atoms with Crippen LogP contribution in [0.25, 0.3) is 0 Å². The number of anilines is 1. The van der Waals surface area contributed by atoms with E-state index < -0.39 is 15.6 Å². The minimum absolute atomic E-state index is 0.00723. The molecule has 0 heterocycles. The SMILES string of the molecule is COc1ccc(N)cc1S(=O)(=O)NCC1(O)CCC1. The molecule has 0 amide bonds. The smallest absolute Gasteiger partial charge is 0.244 e. The Bertz CT molecular complexity index is 567. The van der Waals surface area contributed by atoms with Crippen molar-refractivity contribution in [2.75, 3.05) is 19.4 Å². The Balaban J connectivity index is 2.21. The van der Waals surface area contributed by atoms with E-state index in [4.69, 9.17) is 10.5 Å². The number of ether oxygens (including phenoxy) is 1. The molecule has 2 rings (SSSR count). The van der Waals surface area contributed by atoms with Crippen molar-refractivity contribution in [2.24, 2.45) is 0 Å². The summed E-state index contributed by atoms with van der Waals surface area (Å²) in [5, 5.41) is 9.92. The Morgan fingerprint density at radius 2 is 2.16 bits per heavy atom. The molecule has 0 unspecified atom stereocenters. The maximum atomic E-state index is 12.2. The number of rotatable bonds is 5. The molecule has 0 aliphatic heterocycles. The maximum Gasteiger partial charge on any atom is 0.244 e. The van der Waals surface area contributed by atoms with Crippen LogP contribution in [0.3, 0.4) is 0 Å². The van der Waals surface area contributed by atoms with Crippen molar-refractivity contribution in [1.82, 2.24) is 4.72 Å². The molecule has 1 aliphatic rings. The number of nitrogen functional groups attached to an aromatic ring is 1. The first-order valence-corrected chi connectivity index (χ1v) is 7.50. The number of methoxy groups -OCH3 is 1. The van der Waals surface area contributed by atoms with Crippen molar-refractivity contribution in [1.29, 1.82) is 0 Å². The number of nitrogens with one attached hydrogen (secondary N) is 1. The van der Waals surface area contributed by atoms with Crippen LogP contribution in [0, 0.1) is 0 Å². The summed E-state index contributed by atoms with van der Waals surface area (Å²) in [5.74, 6) is 0.224. The van der Waals surface area contributed by atoms with E-state index in [1.165, 1.54) is 19.2 Å². The Morgan fingerprint density at radius 3 is 2.68 bits per heavy atom. The molecular formula is C12H18N2O4S. The van der Waals surface area contributed by atoms with Gasteiger partial charge in [-0.05, 0) is 37.5 Å². The lowest BCUT2D eigenvalue weighted by atomic mass is 9.81. The van der Waals surface area contributed by atoms with Crippen molar-refractivity contribution >= 4 is 15.7 Å². The molecule has 19 heavy (non-hydrogen) atoms. The molecule has 0 bridgehead atoms. The average molecular weight is 286 g/mol. The molecule has 1 fully saturated rings. The summed E-state index contributed by atoms with van der Waals surface area (Å²) in [6, 6.07) is 4.41. The standard InChI is InChI=1S/C12H18N2O4S/c1-18-10-4-3-9(13)7-11(10)19(16,17)14-8-12(15)5-2-6-12/h3-4,7,14-15H,2,5-6,8,13H2,1H3. The van der Waals surface area contributed by atoms with Crippen LogP contribution in [-0.2, 0) is 10.0 Å². The summed E-state index contributed by atoms with van der Waals surface area (Å²) in [6.07, 6.45) is 2.15. The van der Waals surface area contributed by atoms with Gasteiger partial charge < -0.3 is 15.6 Å². The summed E-state index contributed by atoms with van der Waals surface area (Å²) >= 11 is 0. The molecule has 1 saturated carbocycles. The third-order valence-corrected chi connectivity index (χ3v) is 4.78. The highest BCUT2D eigenvalue weighted by atomic mass is 32.2. The van der Waals surface area contributed by atoms with Crippen molar-refractivity contribution in [3.63, 3.8) is 0 Å². The molecule has 4 N–H and O–H groups in total. The van der Waals surface area contributed by atoms with Crippen LogP contribution in [0.2, 0.25) is 0 Å². The van der Waals surface area contributed by atoms with Crippen molar-refractivity contribution < 1.29 is 18.3 Å². The van der Waals surface area contributed by atoms with Gasteiger partial charge in [0, 0.05) is 12.2 Å². The van der Waals surface area contributed by atoms with E-state index in [-0.39, 0.29) is 17.2 Å². The first-order valence-electron chi connectivity index (χ1n) is 6.02. The number of nitrogens with two attached hydrogens (primary N) is 1. The molecule has 0 spiro atoms. The van der Waals surface area contributed by atoms with Gasteiger partial charge in [0.1, 0.15) is 10.6 Å². The second-order valence-electron chi connectivity index (χ2n) is 4.81. The quantitative estimate of drug-likeness (QED) is 0.683. The highest BCUT2D eigenvalue weighted by molar-refractivity contribution is 7.89. The zero-order valence-electron chi connectivity index (χ0n) is 10.7. The first kappa shape index (κ1) is 14.1. The summed E-state index contributed by atoms with van der Waals surface area (Å²) in [7, 11) is -2.36. The van der Waals surface area contributed by atoms with Crippen molar-refractivity contribution in [3.05, 3.63) is 18.2 Å². The summed E-state index contributed by atoms with van der Waals surface area (Å²) in [6.45, 7) is 0.00723. The van der Waals surface area contributed by atoms with Gasteiger partial charge in [-0.1, -0.05) is 0 Å². The zero-order chi connectivity index (χ0) is 14.1. The van der Waals surface area contributed by atoms with Crippen molar-refractivity contribution in [2.45, 2.75) is 29.8 Å². The molecule has 0 aromatic heterocycles. The van der Waals surface area contributed by atoms with Gasteiger partial charge in [-0.25, -0.2) is 13.1 Å². The van der Waals surface area contributed by atoms with E-state index in [1.807, 2.05) is 0 Å². The fraction of sp³-hybridized carbons (Fsp3) is 0.500. The maximum absolute atomic E-state index is 12.2. The van der Waals surface area contributed by atoms with Gasteiger partial charge in [0.15, 0.2) is 0 Å². The monoisotopic (exact) mass is 286 g/mol. The van der Waals surface area contributed by atoms with E-state index >= 15 is 0 Å². The van der Waals surface area contributed by atoms with Crippen LogP contribution in [0.1, 0.15) is 19.3 Å². The van der Waals surface area contributed by atoms with Crippen LogP contribution >= 0.6 is 0 Å². The van der Waals surface area contributed by atoms with E-state index in [2.05, 4.69) is 4.72 Å². The highest BCUT2D eigenvalue weighted by Crippen LogP contribution is 2.32. The Morgan fingerprint density at radius 1 is 1.47 bits per heavy atom. The van der Waals surface area contributed by atoms with Gasteiger partial charge in [0.05, 0.1) is 12.7 Å². The van der Waals surface area contributed by atoms with Gasteiger partial charge in [0.25, 0.3) is 0 Å². The van der Waals surface area contributed by atoms with Gasteiger partial charge in [-0.2, -0.15) is 0 Å². The minimum Gasteiger partial charge on any atom is -0.495 e. The summed E-state index contributed by atoms with van der Waals surface area (Å²) < 4.78 is 31.8. The van der Waals surface area contributed by atoms with Crippen LogP contribution in [0.5, 0.6) is 5.75 Å².